The van der Waals surface area contributed by atoms with Gasteiger partial charge in [0, 0.05) is 11.1 Å². The van der Waals surface area contributed by atoms with Gasteiger partial charge in [-0.15, -0.1) is 0 Å². The summed E-state index contributed by atoms with van der Waals surface area (Å²) in [6.45, 7) is 4.32. The molecular formula is C18H21Cl2N3O2. The van der Waals surface area contributed by atoms with E-state index in [9.17, 15) is 9.59 Å². The Kier molecular flexibility index (Phi) is 5.35. The fourth-order valence-corrected chi connectivity index (χ4v) is 4.04. The zero-order valence-electron chi connectivity index (χ0n) is 14.3. The lowest BCUT2D eigenvalue weighted by Crippen LogP contribution is -2.45. The molecule has 0 saturated heterocycles. The summed E-state index contributed by atoms with van der Waals surface area (Å²) in [6, 6.07) is 3.22. The van der Waals surface area contributed by atoms with Crippen molar-refractivity contribution in [1.29, 1.82) is 0 Å². The SMILES string of the molecule is C[C@@H]1[C@H](C)CCC[C@@H]1NC(=O)Cn1cnc2c(Cl)cc(Cl)cc2c1=O. The maximum Gasteiger partial charge on any atom is 0.261 e. The maximum atomic E-state index is 12.6. The molecule has 1 heterocycles. The Hall–Kier alpha value is -1.59. The summed E-state index contributed by atoms with van der Waals surface area (Å²) in [5.41, 5.74) is 0.0667. The van der Waals surface area contributed by atoms with Crippen molar-refractivity contribution in [3.63, 3.8) is 0 Å². The molecule has 3 atom stereocenters. The highest BCUT2D eigenvalue weighted by molar-refractivity contribution is 6.38. The molecule has 0 unspecified atom stereocenters. The monoisotopic (exact) mass is 381 g/mol. The van der Waals surface area contributed by atoms with Gasteiger partial charge in [-0.1, -0.05) is 49.9 Å². The van der Waals surface area contributed by atoms with Crippen LogP contribution in [0.4, 0.5) is 0 Å². The van der Waals surface area contributed by atoms with Crippen molar-refractivity contribution >= 4 is 40.0 Å². The second-order valence-electron chi connectivity index (χ2n) is 6.90. The lowest BCUT2D eigenvalue weighted by molar-refractivity contribution is -0.123. The van der Waals surface area contributed by atoms with E-state index in [0.29, 0.717) is 32.8 Å². The van der Waals surface area contributed by atoms with Gasteiger partial charge in [0.25, 0.3) is 5.56 Å². The minimum absolute atomic E-state index is 0.0660. The predicted molar refractivity (Wildman–Crippen MR) is 100 cm³/mol. The molecule has 1 N–H and O–H groups in total. The number of nitrogens with one attached hydrogen (secondary N) is 1. The van der Waals surface area contributed by atoms with E-state index in [1.165, 1.54) is 23.4 Å². The van der Waals surface area contributed by atoms with Crippen molar-refractivity contribution in [2.75, 3.05) is 0 Å². The molecule has 3 rings (SSSR count). The molecule has 1 fully saturated rings. The Morgan fingerprint density at radius 2 is 2.08 bits per heavy atom. The summed E-state index contributed by atoms with van der Waals surface area (Å²) in [4.78, 5) is 29.2. The maximum absolute atomic E-state index is 12.6. The standard InChI is InChI=1S/C18H21Cl2N3O2/c1-10-4-3-5-15(11(10)2)22-16(24)8-23-9-21-17-13(18(23)25)6-12(19)7-14(17)20/h6-7,9-11,15H,3-5,8H2,1-2H3,(H,22,24)/t10-,11-,15+/m1/s1. The smallest absolute Gasteiger partial charge is 0.261 e. The van der Waals surface area contributed by atoms with Gasteiger partial charge >= 0.3 is 0 Å². The predicted octanol–water partition coefficient (Wildman–Crippen LogP) is 3.64. The number of benzene rings is 1. The molecule has 1 aliphatic carbocycles. The van der Waals surface area contributed by atoms with Gasteiger partial charge in [-0.25, -0.2) is 4.98 Å². The van der Waals surface area contributed by atoms with Crippen LogP contribution in [-0.2, 0) is 11.3 Å². The molecule has 0 bridgehead atoms. The minimum atomic E-state index is -0.324. The average molecular weight is 382 g/mol. The van der Waals surface area contributed by atoms with E-state index < -0.39 is 0 Å². The molecule has 5 nitrogen and oxygen atoms in total. The molecular weight excluding hydrogens is 361 g/mol. The molecule has 1 saturated carbocycles. The van der Waals surface area contributed by atoms with Crippen molar-refractivity contribution in [2.45, 2.75) is 45.7 Å². The summed E-state index contributed by atoms with van der Waals surface area (Å²) in [6.07, 6.45) is 4.65. The van der Waals surface area contributed by atoms with Gasteiger partial charge in [0.1, 0.15) is 6.54 Å². The van der Waals surface area contributed by atoms with Crippen LogP contribution < -0.4 is 10.9 Å². The van der Waals surface area contributed by atoms with Crippen molar-refractivity contribution in [3.05, 3.63) is 38.9 Å². The second-order valence-corrected chi connectivity index (χ2v) is 7.75. The molecule has 1 aromatic carbocycles. The molecule has 0 radical (unpaired) electrons. The van der Waals surface area contributed by atoms with Crippen LogP contribution in [-0.4, -0.2) is 21.5 Å². The average Bonchev–Trinajstić information content (AvgIpc) is 2.55. The number of rotatable bonds is 3. The van der Waals surface area contributed by atoms with Gasteiger partial charge in [0.05, 0.1) is 22.3 Å². The Morgan fingerprint density at radius 1 is 1.32 bits per heavy atom. The van der Waals surface area contributed by atoms with Gasteiger partial charge in [-0.05, 0) is 30.4 Å². The summed E-state index contributed by atoms with van der Waals surface area (Å²) in [5.74, 6) is 0.845. The van der Waals surface area contributed by atoms with E-state index in [2.05, 4.69) is 24.1 Å². The van der Waals surface area contributed by atoms with Crippen molar-refractivity contribution < 1.29 is 4.79 Å². The lowest BCUT2D eigenvalue weighted by atomic mass is 9.78. The Balaban J connectivity index is 1.80. The van der Waals surface area contributed by atoms with E-state index in [4.69, 9.17) is 23.2 Å². The lowest BCUT2D eigenvalue weighted by Gasteiger charge is -2.34. The van der Waals surface area contributed by atoms with Gasteiger partial charge < -0.3 is 5.32 Å². The summed E-state index contributed by atoms with van der Waals surface area (Å²) in [5, 5.41) is 4.06. The van der Waals surface area contributed by atoms with Gasteiger partial charge in [-0.3, -0.25) is 14.2 Å². The Bertz CT molecular complexity index is 865. The van der Waals surface area contributed by atoms with Gasteiger partial charge in [0.15, 0.2) is 0 Å². The number of amides is 1. The Labute approximate surface area is 156 Å². The highest BCUT2D eigenvalue weighted by Crippen LogP contribution is 2.29. The molecule has 1 aliphatic rings. The zero-order valence-corrected chi connectivity index (χ0v) is 15.8. The molecule has 0 spiro atoms. The van der Waals surface area contributed by atoms with Crippen LogP contribution in [0.1, 0.15) is 33.1 Å². The number of hydrogen-bond donors (Lipinski definition) is 1. The van der Waals surface area contributed by atoms with Crippen molar-refractivity contribution in [2.24, 2.45) is 11.8 Å². The molecule has 7 heteroatoms. The van der Waals surface area contributed by atoms with Crippen LogP contribution in [0.3, 0.4) is 0 Å². The fraction of sp³-hybridized carbons (Fsp3) is 0.500. The van der Waals surface area contributed by atoms with Crippen LogP contribution in [0.15, 0.2) is 23.3 Å². The fourth-order valence-electron chi connectivity index (χ4n) is 3.50. The first kappa shape index (κ1) is 18.2. The number of carbonyl (C=O) groups is 1. The zero-order chi connectivity index (χ0) is 18.1. The summed E-state index contributed by atoms with van der Waals surface area (Å²) in [7, 11) is 0. The molecule has 25 heavy (non-hydrogen) atoms. The Morgan fingerprint density at radius 3 is 2.84 bits per heavy atom. The third-order valence-electron chi connectivity index (χ3n) is 5.21. The number of nitrogens with zero attached hydrogens (tertiary/aromatic N) is 2. The van der Waals surface area contributed by atoms with Crippen LogP contribution in [0.5, 0.6) is 0 Å². The van der Waals surface area contributed by atoms with Crippen molar-refractivity contribution in [1.82, 2.24) is 14.9 Å². The first-order valence-electron chi connectivity index (χ1n) is 8.50. The van der Waals surface area contributed by atoms with Crippen LogP contribution in [0, 0.1) is 11.8 Å². The van der Waals surface area contributed by atoms with Gasteiger partial charge in [-0.2, -0.15) is 0 Å². The van der Waals surface area contributed by atoms with E-state index in [0.717, 1.165) is 12.8 Å². The van der Waals surface area contributed by atoms with Crippen molar-refractivity contribution in [3.8, 4) is 0 Å². The number of carbonyl (C=O) groups excluding carboxylic acids is 1. The molecule has 1 aromatic heterocycles. The number of halogens is 2. The highest BCUT2D eigenvalue weighted by atomic mass is 35.5. The van der Waals surface area contributed by atoms with E-state index >= 15 is 0 Å². The number of hydrogen-bond acceptors (Lipinski definition) is 3. The highest BCUT2D eigenvalue weighted by Gasteiger charge is 2.28. The molecule has 1 amide bonds. The van der Waals surface area contributed by atoms with Crippen LogP contribution >= 0.6 is 23.2 Å². The van der Waals surface area contributed by atoms with E-state index in [-0.39, 0.29) is 24.1 Å². The van der Waals surface area contributed by atoms with Crippen LogP contribution in [0.2, 0.25) is 10.0 Å². The molecule has 0 aliphatic heterocycles. The molecule has 134 valence electrons. The first-order chi connectivity index (χ1) is 11.9. The quantitative estimate of drug-likeness (QED) is 0.882. The third-order valence-corrected chi connectivity index (χ3v) is 5.72. The van der Waals surface area contributed by atoms with E-state index in [1.54, 1.807) is 6.07 Å². The van der Waals surface area contributed by atoms with Gasteiger partial charge in [0.2, 0.25) is 5.91 Å². The number of fused-ring (bicyclic) bond motifs is 1. The van der Waals surface area contributed by atoms with E-state index in [1.807, 2.05) is 0 Å². The topological polar surface area (TPSA) is 64.0 Å². The van der Waals surface area contributed by atoms with Crippen LogP contribution in [0.25, 0.3) is 10.9 Å². The molecule has 2 aromatic rings. The number of aromatic nitrogens is 2. The second kappa shape index (κ2) is 7.34. The summed E-state index contributed by atoms with van der Waals surface area (Å²) >= 11 is 12.0. The normalized spacial score (nSPS) is 23.6. The largest absolute Gasteiger partial charge is 0.352 e. The third kappa shape index (κ3) is 3.82. The summed E-state index contributed by atoms with van der Waals surface area (Å²) < 4.78 is 1.29. The first-order valence-corrected chi connectivity index (χ1v) is 9.26. The minimum Gasteiger partial charge on any atom is -0.352 e.